The Bertz CT molecular complexity index is 530. The summed E-state index contributed by atoms with van der Waals surface area (Å²) in [6.45, 7) is 4.59. The van der Waals surface area contributed by atoms with Crippen LogP contribution in [0.2, 0.25) is 0 Å². The van der Waals surface area contributed by atoms with E-state index in [0.29, 0.717) is 42.3 Å². The van der Waals surface area contributed by atoms with Crippen molar-refractivity contribution < 1.29 is 25.1 Å². The normalized spacial score (nSPS) is 50.1. The fourth-order valence-electron chi connectivity index (χ4n) is 7.15. The van der Waals surface area contributed by atoms with Crippen LogP contribution in [0.5, 0.6) is 0 Å². The van der Waals surface area contributed by atoms with Crippen molar-refractivity contribution in [3.05, 3.63) is 0 Å². The van der Waals surface area contributed by atoms with Crippen molar-refractivity contribution in [2.75, 3.05) is 0 Å². The van der Waals surface area contributed by atoms with Crippen molar-refractivity contribution >= 4 is 5.78 Å². The summed E-state index contributed by atoms with van der Waals surface area (Å²) in [6.07, 6.45) is 8.14. The van der Waals surface area contributed by atoms with Crippen LogP contribution in [0.25, 0.3) is 0 Å². The Hall–Kier alpha value is -0.490. The largest absolute Gasteiger partial charge is 0.299 e. The van der Waals surface area contributed by atoms with Crippen molar-refractivity contribution in [1.82, 2.24) is 0 Å². The van der Waals surface area contributed by atoms with E-state index in [2.05, 4.69) is 23.6 Å². The van der Waals surface area contributed by atoms with Crippen LogP contribution in [-0.4, -0.2) is 22.1 Å². The first-order valence-electron chi connectivity index (χ1n) is 9.57. The van der Waals surface area contributed by atoms with Gasteiger partial charge < -0.3 is 0 Å². The maximum atomic E-state index is 12.4. The Balaban J connectivity index is 1.60. The molecule has 24 heavy (non-hydrogen) atoms. The first-order valence-corrected chi connectivity index (χ1v) is 9.57. The van der Waals surface area contributed by atoms with E-state index in [-0.39, 0.29) is 10.8 Å². The molecule has 0 aromatic rings. The monoisotopic (exact) mass is 338 g/mol. The van der Waals surface area contributed by atoms with Gasteiger partial charge in [0, 0.05) is 24.7 Å². The number of rotatable bonds is 2. The molecule has 6 atom stereocenters. The van der Waals surface area contributed by atoms with Crippen LogP contribution in [0.3, 0.4) is 0 Å². The number of hydrogen-bond acceptors (Lipinski definition) is 5. The molecule has 0 aliphatic heterocycles. The average molecular weight is 338 g/mol. The van der Waals surface area contributed by atoms with Gasteiger partial charge in [0.2, 0.25) is 5.79 Å². The predicted octanol–water partition coefficient (Wildman–Crippen LogP) is 4.27. The molecular weight excluding hydrogens is 308 g/mol. The topological polar surface area (TPSA) is 76.0 Å². The first kappa shape index (κ1) is 17.0. The second-order valence-electron chi connectivity index (χ2n) is 9.37. The lowest BCUT2D eigenvalue weighted by atomic mass is 9.45. The highest BCUT2D eigenvalue weighted by Crippen LogP contribution is 2.66. The van der Waals surface area contributed by atoms with Gasteiger partial charge in [0.1, 0.15) is 5.78 Å². The SMILES string of the molecule is C[C@]12CCC(OO)(OO)C[C@@H]1CC[C@@H]1[C@@H]2CC[C@]2(C)C(=O)CC[C@@H]12. The highest BCUT2D eigenvalue weighted by atomic mass is 17.2. The summed E-state index contributed by atoms with van der Waals surface area (Å²) in [5.41, 5.74) is 0.113. The third-order valence-electron chi connectivity index (χ3n) is 8.71. The van der Waals surface area contributed by atoms with Gasteiger partial charge in [-0.15, -0.1) is 0 Å². The zero-order valence-corrected chi connectivity index (χ0v) is 14.8. The Morgan fingerprint density at radius 3 is 2.42 bits per heavy atom. The second kappa shape index (κ2) is 5.50. The zero-order chi connectivity index (χ0) is 17.2. The number of ketones is 1. The molecule has 0 heterocycles. The second-order valence-corrected chi connectivity index (χ2v) is 9.37. The summed E-state index contributed by atoms with van der Waals surface area (Å²) in [6, 6.07) is 0. The fraction of sp³-hybridized carbons (Fsp3) is 0.947. The molecule has 2 N–H and O–H groups in total. The molecule has 0 saturated heterocycles. The summed E-state index contributed by atoms with van der Waals surface area (Å²) in [7, 11) is 0. The van der Waals surface area contributed by atoms with Crippen molar-refractivity contribution in [3.8, 4) is 0 Å². The minimum Gasteiger partial charge on any atom is -0.299 e. The number of carbonyl (C=O) groups is 1. The predicted molar refractivity (Wildman–Crippen MR) is 86.9 cm³/mol. The van der Waals surface area contributed by atoms with E-state index in [1.54, 1.807) is 0 Å². The number of carbonyl (C=O) groups excluding carboxylic acids is 1. The van der Waals surface area contributed by atoms with Crippen molar-refractivity contribution in [2.24, 2.45) is 34.5 Å². The van der Waals surface area contributed by atoms with E-state index < -0.39 is 5.79 Å². The molecule has 0 bridgehead atoms. The number of Topliss-reactive ketones (excluding diaryl/α,β-unsaturated/α-hetero) is 1. The first-order chi connectivity index (χ1) is 11.4. The maximum Gasteiger partial charge on any atom is 0.233 e. The van der Waals surface area contributed by atoms with Gasteiger partial charge >= 0.3 is 0 Å². The molecule has 136 valence electrons. The lowest BCUT2D eigenvalue weighted by Crippen LogP contribution is -2.56. The Morgan fingerprint density at radius 1 is 0.958 bits per heavy atom. The molecule has 4 aliphatic carbocycles. The molecule has 0 unspecified atom stereocenters. The van der Waals surface area contributed by atoms with Gasteiger partial charge in [-0.1, -0.05) is 13.8 Å². The quantitative estimate of drug-likeness (QED) is 0.447. The third kappa shape index (κ3) is 2.11. The molecule has 0 radical (unpaired) electrons. The fourth-order valence-corrected chi connectivity index (χ4v) is 7.15. The molecule has 5 nitrogen and oxygen atoms in total. The number of fused-ring (bicyclic) bond motifs is 5. The molecule has 4 aliphatic rings. The molecule has 4 rings (SSSR count). The van der Waals surface area contributed by atoms with Gasteiger partial charge in [0.25, 0.3) is 0 Å². The molecule has 0 aromatic heterocycles. The van der Waals surface area contributed by atoms with E-state index in [0.717, 1.165) is 44.9 Å². The third-order valence-corrected chi connectivity index (χ3v) is 8.71. The Morgan fingerprint density at radius 2 is 1.71 bits per heavy atom. The minimum absolute atomic E-state index is 0.0782. The van der Waals surface area contributed by atoms with E-state index in [4.69, 9.17) is 0 Å². The minimum atomic E-state index is -1.25. The van der Waals surface area contributed by atoms with Gasteiger partial charge in [-0.25, -0.2) is 20.3 Å². The van der Waals surface area contributed by atoms with Gasteiger partial charge in [-0.3, -0.25) is 4.79 Å². The maximum absolute atomic E-state index is 12.4. The van der Waals surface area contributed by atoms with Crippen LogP contribution < -0.4 is 0 Å². The smallest absolute Gasteiger partial charge is 0.233 e. The van der Waals surface area contributed by atoms with Crippen LogP contribution in [0.4, 0.5) is 0 Å². The molecule has 0 spiro atoms. The molecular formula is C19H30O5. The summed E-state index contributed by atoms with van der Waals surface area (Å²) < 4.78 is 0. The van der Waals surface area contributed by atoms with Gasteiger partial charge in [-0.2, -0.15) is 0 Å². The Kier molecular flexibility index (Phi) is 3.89. The van der Waals surface area contributed by atoms with Crippen molar-refractivity contribution in [3.63, 3.8) is 0 Å². The van der Waals surface area contributed by atoms with Crippen LogP contribution in [0, 0.1) is 34.5 Å². The molecule has 0 aromatic carbocycles. The van der Waals surface area contributed by atoms with Crippen molar-refractivity contribution in [1.29, 1.82) is 0 Å². The highest BCUT2D eigenvalue weighted by molar-refractivity contribution is 5.87. The lowest BCUT2D eigenvalue weighted by molar-refractivity contribution is -0.499. The molecule has 4 saturated carbocycles. The van der Waals surface area contributed by atoms with E-state index in [1.165, 1.54) is 0 Å². The van der Waals surface area contributed by atoms with E-state index >= 15 is 0 Å². The Labute approximate surface area is 143 Å². The summed E-state index contributed by atoms with van der Waals surface area (Å²) >= 11 is 0. The molecule has 0 amide bonds. The lowest BCUT2D eigenvalue weighted by Gasteiger charge is -2.60. The van der Waals surface area contributed by atoms with Crippen LogP contribution in [-0.2, 0) is 14.6 Å². The number of hydrogen-bond donors (Lipinski definition) is 2. The zero-order valence-electron chi connectivity index (χ0n) is 14.8. The van der Waals surface area contributed by atoms with Crippen LogP contribution >= 0.6 is 0 Å². The average Bonchev–Trinajstić information content (AvgIpc) is 2.90. The van der Waals surface area contributed by atoms with Gasteiger partial charge in [0.15, 0.2) is 0 Å². The van der Waals surface area contributed by atoms with E-state index in [1.807, 2.05) is 0 Å². The van der Waals surface area contributed by atoms with Crippen molar-refractivity contribution in [2.45, 2.75) is 77.4 Å². The van der Waals surface area contributed by atoms with Crippen LogP contribution in [0.15, 0.2) is 0 Å². The summed E-state index contributed by atoms with van der Waals surface area (Å²) in [5.74, 6) is 1.46. The standard InChI is InChI=1S/C19H30O5/c1-17-9-10-19(23-21,24-22)11-12(17)3-4-13-14-5-6-16(20)18(14,2)8-7-15(13)17/h12-15,21-22H,3-11H2,1-2H3/t12-,13-,14-,15-,17-,18-/m0/s1. The highest BCUT2D eigenvalue weighted by Gasteiger charge is 2.62. The molecule has 4 fully saturated rings. The summed E-state index contributed by atoms with van der Waals surface area (Å²) in [4.78, 5) is 21.5. The summed E-state index contributed by atoms with van der Waals surface area (Å²) in [5, 5.41) is 18.4. The van der Waals surface area contributed by atoms with Crippen LogP contribution in [0.1, 0.15) is 71.6 Å². The van der Waals surface area contributed by atoms with Gasteiger partial charge in [0.05, 0.1) is 0 Å². The van der Waals surface area contributed by atoms with Gasteiger partial charge in [-0.05, 0) is 67.6 Å². The molecule has 5 heteroatoms. The van der Waals surface area contributed by atoms with E-state index in [9.17, 15) is 15.3 Å².